The van der Waals surface area contributed by atoms with E-state index < -0.39 is 0 Å². The Hall–Kier alpha value is -2.60. The van der Waals surface area contributed by atoms with E-state index in [1.165, 1.54) is 19.3 Å². The largest absolute Gasteiger partial charge is 0.348 e. The maximum Gasteiger partial charge on any atom is 0.158 e. The highest BCUT2D eigenvalue weighted by Crippen LogP contribution is 2.30. The number of hydrogen-bond donors (Lipinski definition) is 2. The molecule has 1 aliphatic carbocycles. The van der Waals surface area contributed by atoms with Crippen molar-refractivity contribution in [2.75, 3.05) is 13.1 Å². The van der Waals surface area contributed by atoms with Crippen molar-refractivity contribution in [2.45, 2.75) is 51.9 Å². The lowest BCUT2D eigenvalue weighted by Gasteiger charge is -2.28. The van der Waals surface area contributed by atoms with Crippen molar-refractivity contribution in [3.63, 3.8) is 0 Å². The molecule has 1 atom stereocenters. The monoisotopic (exact) mass is 390 g/mol. The summed E-state index contributed by atoms with van der Waals surface area (Å²) < 4.78 is 0. The highest BCUT2D eigenvalue weighted by molar-refractivity contribution is 5.88. The fourth-order valence-electron chi connectivity index (χ4n) is 3.73. The van der Waals surface area contributed by atoms with E-state index >= 15 is 0 Å². The minimum Gasteiger partial charge on any atom is -0.348 e. The Morgan fingerprint density at radius 2 is 2.14 bits per heavy atom. The molecule has 152 valence electrons. The van der Waals surface area contributed by atoms with Crippen molar-refractivity contribution in [1.29, 1.82) is 0 Å². The standard InChI is InChI=1S/C23H30N6/c1-3-16(2)26-22(17-7-4-8-17)28-21-13-20(18-9-5-11-24-14-18)27-23(29-21)19-10-6-12-25-15-19/h3,5,9,11,13-14,17,19,25H,4,6-8,10,12,15H2,1-2H3,(H,26,27,28,29)/b16-3-. The van der Waals surface area contributed by atoms with Gasteiger partial charge in [0.15, 0.2) is 5.82 Å². The van der Waals surface area contributed by atoms with Crippen molar-refractivity contribution in [3.8, 4) is 11.3 Å². The molecule has 1 saturated carbocycles. The molecule has 2 aromatic heterocycles. The predicted octanol–water partition coefficient (Wildman–Crippen LogP) is 4.35. The van der Waals surface area contributed by atoms with Crippen molar-refractivity contribution in [3.05, 3.63) is 48.2 Å². The van der Waals surface area contributed by atoms with Gasteiger partial charge < -0.3 is 10.6 Å². The molecule has 2 aliphatic rings. The first-order valence-electron chi connectivity index (χ1n) is 10.7. The Kier molecular flexibility index (Phi) is 6.30. The van der Waals surface area contributed by atoms with Crippen molar-refractivity contribution in [1.82, 2.24) is 25.6 Å². The van der Waals surface area contributed by atoms with Crippen LogP contribution in [0.3, 0.4) is 0 Å². The van der Waals surface area contributed by atoms with Crippen LogP contribution in [0.5, 0.6) is 0 Å². The summed E-state index contributed by atoms with van der Waals surface area (Å²) in [5.41, 5.74) is 3.01. The smallest absolute Gasteiger partial charge is 0.158 e. The first-order valence-corrected chi connectivity index (χ1v) is 10.7. The minimum absolute atomic E-state index is 0.326. The Balaban J connectivity index is 1.74. The van der Waals surface area contributed by atoms with Gasteiger partial charge in [-0.2, -0.15) is 0 Å². The molecule has 1 unspecified atom stereocenters. The van der Waals surface area contributed by atoms with Gasteiger partial charge in [-0.1, -0.05) is 12.5 Å². The number of nitrogens with one attached hydrogen (secondary N) is 2. The summed E-state index contributed by atoms with van der Waals surface area (Å²) in [5, 5.41) is 6.98. The van der Waals surface area contributed by atoms with Crippen LogP contribution in [0.15, 0.2) is 47.4 Å². The lowest BCUT2D eigenvalue weighted by atomic mass is 9.84. The summed E-state index contributed by atoms with van der Waals surface area (Å²) in [6.07, 6.45) is 11.6. The minimum atomic E-state index is 0.326. The van der Waals surface area contributed by atoms with E-state index in [9.17, 15) is 0 Å². The van der Waals surface area contributed by atoms with Gasteiger partial charge in [-0.15, -0.1) is 0 Å². The van der Waals surface area contributed by atoms with Crippen LogP contribution in [-0.2, 0) is 0 Å². The zero-order valence-corrected chi connectivity index (χ0v) is 17.4. The van der Waals surface area contributed by atoms with E-state index in [0.29, 0.717) is 11.8 Å². The number of allylic oxidation sites excluding steroid dienone is 2. The molecule has 0 spiro atoms. The highest BCUT2D eigenvalue weighted by Gasteiger charge is 2.25. The van der Waals surface area contributed by atoms with E-state index in [1.807, 2.05) is 31.3 Å². The van der Waals surface area contributed by atoms with Gasteiger partial charge in [0.05, 0.1) is 5.69 Å². The SMILES string of the molecule is C/C=C(/C)NC(=Nc1cc(-c2cccnc2)nc(C2CCCNC2)n1)C1CCC1. The van der Waals surface area contributed by atoms with Gasteiger partial charge >= 0.3 is 0 Å². The number of hydrogen-bond acceptors (Lipinski definition) is 5. The van der Waals surface area contributed by atoms with Gasteiger partial charge in [0.2, 0.25) is 0 Å². The van der Waals surface area contributed by atoms with E-state index in [-0.39, 0.29) is 0 Å². The lowest BCUT2D eigenvalue weighted by Crippen LogP contribution is -2.33. The van der Waals surface area contributed by atoms with Gasteiger partial charge in [0.1, 0.15) is 11.7 Å². The van der Waals surface area contributed by atoms with Gasteiger partial charge in [-0.25, -0.2) is 15.0 Å². The maximum atomic E-state index is 4.98. The molecule has 2 N–H and O–H groups in total. The zero-order chi connectivity index (χ0) is 20.1. The molecule has 0 radical (unpaired) electrons. The second-order valence-electron chi connectivity index (χ2n) is 7.98. The lowest BCUT2D eigenvalue weighted by molar-refractivity contribution is 0.406. The molecule has 0 aromatic carbocycles. The molecule has 0 bridgehead atoms. The molecular weight excluding hydrogens is 360 g/mol. The van der Waals surface area contributed by atoms with E-state index in [4.69, 9.17) is 15.0 Å². The number of aromatic nitrogens is 3. The Morgan fingerprint density at radius 1 is 1.24 bits per heavy atom. The van der Waals surface area contributed by atoms with Crippen LogP contribution >= 0.6 is 0 Å². The molecular formula is C23H30N6. The van der Waals surface area contributed by atoms with Crippen molar-refractivity contribution < 1.29 is 0 Å². The predicted molar refractivity (Wildman–Crippen MR) is 117 cm³/mol. The molecule has 29 heavy (non-hydrogen) atoms. The Labute approximate surface area is 173 Å². The van der Waals surface area contributed by atoms with E-state index in [2.05, 4.69) is 28.6 Å². The molecule has 0 amide bonds. The second-order valence-corrected chi connectivity index (χ2v) is 7.98. The van der Waals surface area contributed by atoms with Crippen LogP contribution in [0.2, 0.25) is 0 Å². The molecule has 6 nitrogen and oxygen atoms in total. The Morgan fingerprint density at radius 3 is 2.79 bits per heavy atom. The van der Waals surface area contributed by atoms with Crippen LogP contribution in [0, 0.1) is 5.92 Å². The third-order valence-electron chi connectivity index (χ3n) is 5.83. The number of pyridine rings is 1. The first-order chi connectivity index (χ1) is 14.2. The molecule has 2 fully saturated rings. The summed E-state index contributed by atoms with van der Waals surface area (Å²) in [4.78, 5) is 19.0. The van der Waals surface area contributed by atoms with Crippen LogP contribution in [0.1, 0.15) is 57.7 Å². The maximum absolute atomic E-state index is 4.98. The summed E-state index contributed by atoms with van der Waals surface area (Å²) in [5.74, 6) is 3.45. The normalized spacial score (nSPS) is 21.0. The Bertz CT molecular complexity index is 879. The summed E-state index contributed by atoms with van der Waals surface area (Å²) >= 11 is 0. The quantitative estimate of drug-likeness (QED) is 0.586. The number of aliphatic imine (C=N–C) groups is 1. The van der Waals surface area contributed by atoms with E-state index in [1.54, 1.807) is 6.20 Å². The summed E-state index contributed by atoms with van der Waals surface area (Å²) in [6, 6.07) is 5.97. The second kappa shape index (κ2) is 9.27. The average molecular weight is 391 g/mol. The van der Waals surface area contributed by atoms with Gasteiger partial charge in [0, 0.05) is 48.1 Å². The summed E-state index contributed by atoms with van der Waals surface area (Å²) in [7, 11) is 0. The van der Waals surface area contributed by atoms with Crippen LogP contribution in [0.25, 0.3) is 11.3 Å². The zero-order valence-electron chi connectivity index (χ0n) is 17.4. The van der Waals surface area contributed by atoms with Crippen LogP contribution in [-0.4, -0.2) is 33.9 Å². The fraction of sp³-hybridized carbons (Fsp3) is 0.478. The van der Waals surface area contributed by atoms with Crippen molar-refractivity contribution in [2.24, 2.45) is 10.9 Å². The first kappa shape index (κ1) is 19.7. The summed E-state index contributed by atoms with van der Waals surface area (Å²) in [6.45, 7) is 6.11. The van der Waals surface area contributed by atoms with Crippen LogP contribution in [0.4, 0.5) is 5.82 Å². The molecule has 6 heteroatoms. The highest BCUT2D eigenvalue weighted by atomic mass is 15.1. The third-order valence-corrected chi connectivity index (χ3v) is 5.83. The fourth-order valence-corrected chi connectivity index (χ4v) is 3.73. The molecule has 3 heterocycles. The van der Waals surface area contributed by atoms with E-state index in [0.717, 1.165) is 60.4 Å². The molecule has 2 aromatic rings. The number of amidine groups is 1. The third kappa shape index (κ3) is 4.88. The van der Waals surface area contributed by atoms with Crippen molar-refractivity contribution >= 4 is 11.7 Å². The topological polar surface area (TPSA) is 75.1 Å². The van der Waals surface area contributed by atoms with Gasteiger partial charge in [0.25, 0.3) is 0 Å². The molecule has 4 rings (SSSR count). The number of nitrogens with zero attached hydrogens (tertiary/aromatic N) is 4. The average Bonchev–Trinajstić information content (AvgIpc) is 2.73. The number of rotatable bonds is 5. The van der Waals surface area contributed by atoms with Crippen LogP contribution < -0.4 is 10.6 Å². The molecule has 1 aliphatic heterocycles. The molecule has 1 saturated heterocycles. The number of piperidine rings is 1. The van der Waals surface area contributed by atoms with Gasteiger partial charge in [-0.05, 0) is 58.2 Å². The van der Waals surface area contributed by atoms with Gasteiger partial charge in [-0.3, -0.25) is 4.98 Å².